The summed E-state index contributed by atoms with van der Waals surface area (Å²) in [7, 11) is 7.16. The highest BCUT2D eigenvalue weighted by Crippen LogP contribution is 2.34. The number of thiol groups is 1. The van der Waals surface area contributed by atoms with Crippen LogP contribution in [0.25, 0.3) is 6.08 Å². The van der Waals surface area contributed by atoms with Gasteiger partial charge < -0.3 is 19.1 Å². The van der Waals surface area contributed by atoms with E-state index >= 15 is 0 Å². The largest absolute Gasteiger partial charge is 0.495 e. The van der Waals surface area contributed by atoms with E-state index in [4.69, 9.17) is 14.2 Å². The Morgan fingerprint density at radius 2 is 1.77 bits per heavy atom. The third-order valence-electron chi connectivity index (χ3n) is 5.23. The first-order valence-electron chi connectivity index (χ1n) is 10.2. The third kappa shape index (κ3) is 5.42. The minimum atomic E-state index is -0.583. The molecule has 0 bridgehead atoms. The number of carbonyl (C=O) groups excluding carboxylic acids is 1. The van der Waals surface area contributed by atoms with E-state index in [1.54, 1.807) is 14.2 Å². The van der Waals surface area contributed by atoms with Gasteiger partial charge in [-0.3, -0.25) is 10.1 Å². The Hall–Kier alpha value is -2.48. The van der Waals surface area contributed by atoms with E-state index in [1.807, 2.05) is 74.5 Å². The van der Waals surface area contributed by atoms with Crippen molar-refractivity contribution >= 4 is 30.2 Å². The molecule has 31 heavy (non-hydrogen) atoms. The van der Waals surface area contributed by atoms with E-state index < -0.39 is 6.10 Å². The molecule has 1 N–H and O–H groups in total. The van der Waals surface area contributed by atoms with E-state index in [2.05, 4.69) is 17.9 Å². The zero-order valence-corrected chi connectivity index (χ0v) is 19.5. The standard InChI is InChI=1S/C24H30N2O4S/c1-6-30-23(16-8-10-17(11-9-16)26(2)3)22(27)21-18(25-21)12-7-15-13-19(28-4)24(31)20(14-15)29-5/h7-14,18,21,23,25,31H,6H2,1-5H3/b12-7+. The molecule has 1 heterocycles. The number of methoxy groups -OCH3 is 2. The predicted molar refractivity (Wildman–Crippen MR) is 127 cm³/mol. The van der Waals surface area contributed by atoms with Crippen molar-refractivity contribution in [3.8, 4) is 11.5 Å². The van der Waals surface area contributed by atoms with E-state index in [0.717, 1.165) is 16.8 Å². The lowest BCUT2D eigenvalue weighted by molar-refractivity contribution is -0.130. The molecule has 2 aromatic carbocycles. The minimum absolute atomic E-state index is 0.0370. The SMILES string of the molecule is CCOC(C(=O)C1NC1/C=C/c1cc(OC)c(S)c(OC)c1)c1ccc(N(C)C)cc1. The molecule has 7 heteroatoms. The average molecular weight is 443 g/mol. The molecule has 166 valence electrons. The minimum Gasteiger partial charge on any atom is -0.495 e. The molecule has 0 saturated carbocycles. The fourth-order valence-electron chi connectivity index (χ4n) is 3.42. The normalized spacial score (nSPS) is 18.6. The van der Waals surface area contributed by atoms with Crippen LogP contribution in [0, 0.1) is 0 Å². The van der Waals surface area contributed by atoms with Crippen LogP contribution in [0.5, 0.6) is 11.5 Å². The molecular weight excluding hydrogens is 412 g/mol. The number of Topliss-reactive ketones (excluding diaryl/α,β-unsaturated/α-hetero) is 1. The quantitative estimate of drug-likeness (QED) is 0.431. The monoisotopic (exact) mass is 442 g/mol. The van der Waals surface area contributed by atoms with Crippen molar-refractivity contribution in [3.05, 3.63) is 53.6 Å². The van der Waals surface area contributed by atoms with E-state index in [1.165, 1.54) is 0 Å². The second-order valence-electron chi connectivity index (χ2n) is 7.53. The van der Waals surface area contributed by atoms with Gasteiger partial charge in [0.15, 0.2) is 5.78 Å². The van der Waals surface area contributed by atoms with Gasteiger partial charge >= 0.3 is 0 Å². The molecule has 3 atom stereocenters. The maximum absolute atomic E-state index is 13.1. The number of hydrogen-bond acceptors (Lipinski definition) is 7. The Morgan fingerprint density at radius 1 is 1.16 bits per heavy atom. The highest BCUT2D eigenvalue weighted by Gasteiger charge is 2.44. The molecule has 3 rings (SSSR count). The first-order chi connectivity index (χ1) is 14.9. The van der Waals surface area contributed by atoms with Crippen LogP contribution in [0.3, 0.4) is 0 Å². The zero-order valence-electron chi connectivity index (χ0n) is 18.6. The summed E-state index contributed by atoms with van der Waals surface area (Å²) in [5, 5.41) is 3.24. The molecule has 3 unspecified atom stereocenters. The second kappa shape index (κ2) is 10.2. The van der Waals surface area contributed by atoms with Crippen LogP contribution in [-0.4, -0.2) is 52.8 Å². The van der Waals surface area contributed by atoms with Crippen LogP contribution < -0.4 is 19.7 Å². The van der Waals surface area contributed by atoms with Gasteiger partial charge in [-0.2, -0.15) is 0 Å². The third-order valence-corrected chi connectivity index (χ3v) is 5.67. The molecule has 1 saturated heterocycles. The molecule has 1 aliphatic heterocycles. The summed E-state index contributed by atoms with van der Waals surface area (Å²) in [5.41, 5.74) is 2.86. The summed E-state index contributed by atoms with van der Waals surface area (Å²) in [4.78, 5) is 15.8. The van der Waals surface area contributed by atoms with Gasteiger partial charge in [0.05, 0.1) is 25.2 Å². The molecule has 0 aromatic heterocycles. The van der Waals surface area contributed by atoms with Crippen LogP contribution >= 0.6 is 12.6 Å². The van der Waals surface area contributed by atoms with Gasteiger partial charge in [0.1, 0.15) is 17.6 Å². The average Bonchev–Trinajstić information content (AvgIpc) is 3.56. The van der Waals surface area contributed by atoms with E-state index in [0.29, 0.717) is 23.0 Å². The Bertz CT molecular complexity index is 918. The number of ether oxygens (including phenoxy) is 3. The van der Waals surface area contributed by atoms with E-state index in [9.17, 15) is 4.79 Å². The van der Waals surface area contributed by atoms with Crippen LogP contribution in [0.2, 0.25) is 0 Å². The summed E-state index contributed by atoms with van der Waals surface area (Å²) >= 11 is 4.43. The first kappa shape index (κ1) is 23.2. The smallest absolute Gasteiger partial charge is 0.184 e. The number of carbonyl (C=O) groups is 1. The number of ketones is 1. The van der Waals surface area contributed by atoms with E-state index in [-0.39, 0.29) is 17.9 Å². The molecule has 0 radical (unpaired) electrons. The number of nitrogens with zero attached hydrogens (tertiary/aromatic N) is 1. The number of benzene rings is 2. The maximum atomic E-state index is 13.1. The number of hydrogen-bond donors (Lipinski definition) is 2. The number of nitrogens with one attached hydrogen (secondary N) is 1. The number of anilines is 1. The summed E-state index contributed by atoms with van der Waals surface area (Å²) in [6.07, 6.45) is 3.35. The lowest BCUT2D eigenvalue weighted by atomic mass is 10.0. The van der Waals surface area contributed by atoms with Gasteiger partial charge in [-0.15, -0.1) is 12.6 Å². The predicted octanol–water partition coefficient (Wildman–Crippen LogP) is 3.76. The first-order valence-corrected chi connectivity index (χ1v) is 10.7. The molecule has 1 fully saturated rings. The Balaban J connectivity index is 1.71. The Labute approximate surface area is 189 Å². The van der Waals surface area contributed by atoms with Crippen molar-refractivity contribution in [1.82, 2.24) is 5.32 Å². The fraction of sp³-hybridized carbons (Fsp3) is 0.375. The molecule has 0 aliphatic carbocycles. The van der Waals surface area contributed by atoms with Gasteiger partial charge in [-0.05, 0) is 42.3 Å². The molecule has 2 aromatic rings. The lowest BCUT2D eigenvalue weighted by Gasteiger charge is -2.18. The Kier molecular flexibility index (Phi) is 7.64. The van der Waals surface area contributed by atoms with Gasteiger partial charge in [0, 0.05) is 32.4 Å². The molecule has 0 spiro atoms. The summed E-state index contributed by atoms with van der Waals surface area (Å²) in [6.45, 7) is 2.37. The Morgan fingerprint density at radius 3 is 2.29 bits per heavy atom. The molecular formula is C24H30N2O4S. The van der Waals surface area contributed by atoms with Crippen LogP contribution in [0.4, 0.5) is 5.69 Å². The fourth-order valence-corrected chi connectivity index (χ4v) is 3.73. The van der Waals surface area contributed by atoms with Crippen molar-refractivity contribution in [3.63, 3.8) is 0 Å². The van der Waals surface area contributed by atoms with Crippen LogP contribution in [0.15, 0.2) is 47.4 Å². The van der Waals surface area contributed by atoms with Gasteiger partial charge in [-0.1, -0.05) is 24.3 Å². The summed E-state index contributed by atoms with van der Waals surface area (Å²) < 4.78 is 16.5. The summed E-state index contributed by atoms with van der Waals surface area (Å²) in [6, 6.07) is 11.4. The lowest BCUT2D eigenvalue weighted by Crippen LogP contribution is -2.23. The molecule has 0 amide bonds. The van der Waals surface area contributed by atoms with Gasteiger partial charge in [0.2, 0.25) is 0 Å². The van der Waals surface area contributed by atoms with Crippen molar-refractivity contribution in [2.24, 2.45) is 0 Å². The second-order valence-corrected chi connectivity index (χ2v) is 7.97. The van der Waals surface area contributed by atoms with Crippen molar-refractivity contribution in [2.75, 3.05) is 39.8 Å². The van der Waals surface area contributed by atoms with Crippen molar-refractivity contribution < 1.29 is 19.0 Å². The highest BCUT2D eigenvalue weighted by molar-refractivity contribution is 7.80. The summed E-state index contributed by atoms with van der Waals surface area (Å²) in [5.74, 6) is 1.31. The van der Waals surface area contributed by atoms with Gasteiger partial charge in [-0.25, -0.2) is 0 Å². The van der Waals surface area contributed by atoms with Crippen molar-refractivity contribution in [2.45, 2.75) is 30.0 Å². The van der Waals surface area contributed by atoms with Crippen LogP contribution in [0.1, 0.15) is 24.2 Å². The van der Waals surface area contributed by atoms with Crippen molar-refractivity contribution in [1.29, 1.82) is 0 Å². The topological polar surface area (TPSA) is 69.9 Å². The zero-order chi connectivity index (χ0) is 22.5. The highest BCUT2D eigenvalue weighted by atomic mass is 32.1. The molecule has 6 nitrogen and oxygen atoms in total. The maximum Gasteiger partial charge on any atom is 0.184 e. The van der Waals surface area contributed by atoms with Gasteiger partial charge in [0.25, 0.3) is 0 Å². The van der Waals surface area contributed by atoms with Crippen LogP contribution in [-0.2, 0) is 9.53 Å². The molecule has 1 aliphatic rings. The number of rotatable bonds is 10.